The number of aromatic nitrogens is 2. The molecule has 1 amide bonds. The molecule has 3 rings (SSSR count). The van der Waals surface area contributed by atoms with Gasteiger partial charge in [-0.2, -0.15) is 4.68 Å². The molecule has 0 radical (unpaired) electrons. The Morgan fingerprint density at radius 1 is 1.19 bits per heavy atom. The molecule has 0 bridgehead atoms. The van der Waals surface area contributed by atoms with E-state index in [-0.39, 0.29) is 17.8 Å². The molecule has 0 aliphatic heterocycles. The molecule has 2 aromatic carbocycles. The summed E-state index contributed by atoms with van der Waals surface area (Å²) in [5, 5.41) is 16.6. The van der Waals surface area contributed by atoms with E-state index >= 15 is 0 Å². The van der Waals surface area contributed by atoms with Crippen LogP contribution in [0.4, 0.5) is 20.3 Å². The summed E-state index contributed by atoms with van der Waals surface area (Å²) in [5.41, 5.74) is 0.531. The van der Waals surface area contributed by atoms with Crippen molar-refractivity contribution in [2.24, 2.45) is 0 Å². The number of hydrogen-bond acceptors (Lipinski definition) is 4. The zero-order chi connectivity index (χ0) is 18.7. The first-order valence-electron chi connectivity index (χ1n) is 7.46. The predicted molar refractivity (Wildman–Crippen MR) is 89.3 cm³/mol. The lowest BCUT2D eigenvalue weighted by Gasteiger charge is -2.12. The molecule has 0 saturated carbocycles. The lowest BCUT2D eigenvalue weighted by molar-refractivity contribution is -0.389. The first kappa shape index (κ1) is 17.2. The number of halogens is 2. The maximum Gasteiger partial charge on any atom is 0.389 e. The molecule has 7 nitrogen and oxygen atoms in total. The molecule has 26 heavy (non-hydrogen) atoms. The van der Waals surface area contributed by atoms with Gasteiger partial charge in [-0.3, -0.25) is 4.79 Å². The standard InChI is InChI=1S/C17H12F2N4O3/c18-12-8-13(11-4-2-1-3-5-11)17(14(19)9-12)20-16(24)10-22-7-6-15(21-22)23(25)26/h1-9H,10H2,(H,20,24). The van der Waals surface area contributed by atoms with Crippen LogP contribution in [0, 0.1) is 21.7 Å². The fourth-order valence-electron chi connectivity index (χ4n) is 2.41. The lowest BCUT2D eigenvalue weighted by Crippen LogP contribution is -2.20. The van der Waals surface area contributed by atoms with Gasteiger partial charge in [-0.25, -0.2) is 8.78 Å². The fourth-order valence-corrected chi connectivity index (χ4v) is 2.41. The second-order valence-corrected chi connectivity index (χ2v) is 5.35. The van der Waals surface area contributed by atoms with Gasteiger partial charge in [0, 0.05) is 11.6 Å². The van der Waals surface area contributed by atoms with Crippen molar-refractivity contribution in [3.63, 3.8) is 0 Å². The van der Waals surface area contributed by atoms with Gasteiger partial charge >= 0.3 is 5.82 Å². The van der Waals surface area contributed by atoms with Crippen LogP contribution in [0.5, 0.6) is 0 Å². The van der Waals surface area contributed by atoms with Crippen LogP contribution in [0.3, 0.4) is 0 Å². The summed E-state index contributed by atoms with van der Waals surface area (Å²) in [6.45, 7) is -0.362. The average Bonchev–Trinajstić information content (AvgIpc) is 3.06. The monoisotopic (exact) mass is 358 g/mol. The number of rotatable bonds is 5. The third kappa shape index (κ3) is 3.72. The highest BCUT2D eigenvalue weighted by molar-refractivity contribution is 5.95. The van der Waals surface area contributed by atoms with Gasteiger partial charge in [0.25, 0.3) is 0 Å². The highest BCUT2D eigenvalue weighted by Gasteiger charge is 2.18. The number of anilines is 1. The zero-order valence-corrected chi connectivity index (χ0v) is 13.2. The molecule has 0 fully saturated rings. The molecule has 9 heteroatoms. The Morgan fingerprint density at radius 3 is 2.58 bits per heavy atom. The van der Waals surface area contributed by atoms with Crippen molar-refractivity contribution in [1.82, 2.24) is 9.78 Å². The highest BCUT2D eigenvalue weighted by Crippen LogP contribution is 2.31. The van der Waals surface area contributed by atoms with E-state index in [1.54, 1.807) is 30.3 Å². The third-order valence-corrected chi connectivity index (χ3v) is 3.52. The Balaban J connectivity index is 1.86. The molecule has 0 aliphatic rings. The minimum absolute atomic E-state index is 0.177. The van der Waals surface area contributed by atoms with Crippen LogP contribution in [-0.2, 0) is 11.3 Å². The molecule has 3 aromatic rings. The zero-order valence-electron chi connectivity index (χ0n) is 13.2. The van der Waals surface area contributed by atoms with Gasteiger partial charge in [0.05, 0.1) is 23.0 Å². The molecule has 0 spiro atoms. The van der Waals surface area contributed by atoms with Crippen LogP contribution in [0.25, 0.3) is 11.1 Å². The largest absolute Gasteiger partial charge is 0.389 e. The third-order valence-electron chi connectivity index (χ3n) is 3.52. The van der Waals surface area contributed by atoms with Gasteiger partial charge in [0.2, 0.25) is 5.91 Å². The summed E-state index contributed by atoms with van der Waals surface area (Å²) in [7, 11) is 0. The van der Waals surface area contributed by atoms with Crippen molar-refractivity contribution in [2.75, 3.05) is 5.32 Å². The number of nitrogens with one attached hydrogen (secondary N) is 1. The Kier molecular flexibility index (Phi) is 4.70. The van der Waals surface area contributed by atoms with E-state index in [1.165, 1.54) is 6.20 Å². The van der Waals surface area contributed by atoms with Crippen LogP contribution in [-0.4, -0.2) is 20.6 Å². The van der Waals surface area contributed by atoms with Crippen molar-refractivity contribution in [2.45, 2.75) is 6.54 Å². The number of nitrogens with zero attached hydrogens (tertiary/aromatic N) is 3. The first-order valence-corrected chi connectivity index (χ1v) is 7.46. The number of hydrogen-bond donors (Lipinski definition) is 1. The summed E-state index contributed by atoms with van der Waals surface area (Å²) >= 11 is 0. The SMILES string of the molecule is O=C(Cn1ccc([N+](=O)[O-])n1)Nc1c(F)cc(F)cc1-c1ccccc1. The van der Waals surface area contributed by atoms with E-state index in [0.717, 1.165) is 16.8 Å². The molecule has 0 aliphatic carbocycles. The summed E-state index contributed by atoms with van der Waals surface area (Å²) < 4.78 is 28.9. The molecule has 0 unspecified atom stereocenters. The molecule has 0 atom stereocenters. The van der Waals surface area contributed by atoms with Crippen LogP contribution in [0.2, 0.25) is 0 Å². The normalized spacial score (nSPS) is 10.5. The summed E-state index contributed by atoms with van der Waals surface area (Å²) in [5.74, 6) is -2.77. The number of benzene rings is 2. The molecule has 0 saturated heterocycles. The number of carbonyl (C=O) groups excluding carboxylic acids is 1. The van der Waals surface area contributed by atoms with Gasteiger partial charge in [-0.15, -0.1) is 0 Å². The molecule has 1 heterocycles. The summed E-state index contributed by atoms with van der Waals surface area (Å²) in [6, 6.07) is 11.4. The summed E-state index contributed by atoms with van der Waals surface area (Å²) in [4.78, 5) is 22.1. The minimum atomic E-state index is -0.927. The van der Waals surface area contributed by atoms with E-state index in [1.807, 2.05) is 0 Å². The van der Waals surface area contributed by atoms with Crippen LogP contribution in [0.15, 0.2) is 54.7 Å². The van der Waals surface area contributed by atoms with E-state index in [4.69, 9.17) is 0 Å². The Labute approximate surface area is 146 Å². The van der Waals surface area contributed by atoms with Gasteiger partial charge in [0.1, 0.15) is 18.2 Å². The second-order valence-electron chi connectivity index (χ2n) is 5.35. The van der Waals surface area contributed by atoms with Crippen LogP contribution >= 0.6 is 0 Å². The Bertz CT molecular complexity index is 973. The Morgan fingerprint density at radius 2 is 1.92 bits per heavy atom. The fraction of sp³-hybridized carbons (Fsp3) is 0.0588. The summed E-state index contributed by atoms with van der Waals surface area (Å²) in [6.07, 6.45) is 1.26. The predicted octanol–water partition coefficient (Wildman–Crippen LogP) is 3.38. The van der Waals surface area contributed by atoms with Gasteiger partial charge < -0.3 is 15.4 Å². The maximum absolute atomic E-state index is 14.2. The van der Waals surface area contributed by atoms with Gasteiger partial charge in [-0.1, -0.05) is 30.3 Å². The smallest absolute Gasteiger partial charge is 0.358 e. The maximum atomic E-state index is 14.2. The van der Waals surface area contributed by atoms with E-state index in [0.29, 0.717) is 11.6 Å². The number of carbonyl (C=O) groups is 1. The second kappa shape index (κ2) is 7.09. The number of amides is 1. The highest BCUT2D eigenvalue weighted by atomic mass is 19.1. The van der Waals surface area contributed by atoms with Gasteiger partial charge in [-0.05, 0) is 16.6 Å². The molecular formula is C17H12F2N4O3. The van der Waals surface area contributed by atoms with Crippen LogP contribution < -0.4 is 5.32 Å². The van der Waals surface area contributed by atoms with Crippen molar-refractivity contribution < 1.29 is 18.5 Å². The van der Waals surface area contributed by atoms with E-state index in [9.17, 15) is 23.7 Å². The first-order chi connectivity index (χ1) is 12.4. The average molecular weight is 358 g/mol. The van der Waals surface area contributed by atoms with E-state index < -0.39 is 28.3 Å². The molecule has 1 aromatic heterocycles. The van der Waals surface area contributed by atoms with Crippen molar-refractivity contribution >= 4 is 17.4 Å². The number of nitro groups is 1. The van der Waals surface area contributed by atoms with Crippen LogP contribution in [0.1, 0.15) is 0 Å². The van der Waals surface area contributed by atoms with Crippen molar-refractivity contribution in [3.8, 4) is 11.1 Å². The van der Waals surface area contributed by atoms with E-state index in [2.05, 4.69) is 10.4 Å². The quantitative estimate of drug-likeness (QED) is 0.559. The molecule has 132 valence electrons. The molecular weight excluding hydrogens is 346 g/mol. The van der Waals surface area contributed by atoms with Crippen molar-refractivity contribution in [1.29, 1.82) is 0 Å². The Hall–Kier alpha value is -3.62. The minimum Gasteiger partial charge on any atom is -0.358 e. The van der Waals surface area contributed by atoms with Crippen molar-refractivity contribution in [3.05, 3.63) is 76.5 Å². The van der Waals surface area contributed by atoms with Gasteiger partial charge in [0.15, 0.2) is 0 Å². The topological polar surface area (TPSA) is 90.1 Å². The molecule has 1 N–H and O–H groups in total. The lowest BCUT2D eigenvalue weighted by atomic mass is 10.0.